The largest absolute Gasteiger partial charge is 0.421 e. The maximum Gasteiger partial charge on any atom is 0.376 e. The van der Waals surface area contributed by atoms with Crippen molar-refractivity contribution in [3.05, 3.63) is 95.8 Å². The number of anilines is 1. The third kappa shape index (κ3) is 5.13. The molecule has 3 N–H and O–H groups in total. The number of hydrogen-bond acceptors (Lipinski definition) is 6. The number of hydrogen-bond donors (Lipinski definition) is 2. The van der Waals surface area contributed by atoms with Gasteiger partial charge in [-0.1, -0.05) is 48.5 Å². The Labute approximate surface area is 198 Å². The number of piperidine rings is 1. The number of rotatable bonds is 5. The lowest BCUT2D eigenvalue weighted by molar-refractivity contribution is 0.0926. The Morgan fingerprint density at radius 3 is 2.38 bits per heavy atom. The molecule has 0 atom stereocenters. The van der Waals surface area contributed by atoms with Crippen LogP contribution < -0.4 is 15.8 Å². The van der Waals surface area contributed by atoms with Crippen LogP contribution in [0, 0.1) is 6.57 Å². The van der Waals surface area contributed by atoms with Crippen LogP contribution in [0.2, 0.25) is 0 Å². The molecule has 0 radical (unpaired) electrons. The Morgan fingerprint density at radius 1 is 1.09 bits per heavy atom. The van der Waals surface area contributed by atoms with Crippen molar-refractivity contribution in [2.24, 2.45) is 5.10 Å². The monoisotopic (exact) mass is 455 g/mol. The van der Waals surface area contributed by atoms with E-state index in [2.05, 4.69) is 37.5 Å². The minimum Gasteiger partial charge on any atom is -0.421 e. The van der Waals surface area contributed by atoms with Crippen LogP contribution in [0.25, 0.3) is 4.95 Å². The van der Waals surface area contributed by atoms with Gasteiger partial charge in [-0.05, 0) is 30.5 Å². The number of amides is 1. The number of aromatic nitrogens is 2. The van der Waals surface area contributed by atoms with Crippen LogP contribution in [0.15, 0.2) is 78.2 Å². The second-order valence-corrected chi connectivity index (χ2v) is 8.00. The first-order valence-corrected chi connectivity index (χ1v) is 10.9. The number of nitrogen functional groups attached to an aromatic ring is 1. The molecular formula is C25H25N7O2. The molecule has 0 unspecified atom stereocenters. The first-order chi connectivity index (χ1) is 16.6. The summed E-state index contributed by atoms with van der Waals surface area (Å²) in [5, 5.41) is 6.91. The number of para-hydroxylation sites is 1. The van der Waals surface area contributed by atoms with Gasteiger partial charge in [-0.3, -0.25) is 4.79 Å². The average molecular weight is 456 g/mol. The highest BCUT2D eigenvalue weighted by Gasteiger charge is 2.38. The number of amidine groups is 1. The Kier molecular flexibility index (Phi) is 6.98. The number of carbonyl (C=O) groups excluding carboxylic acids is 1. The molecule has 2 aromatic carbocycles. The Morgan fingerprint density at radius 2 is 1.74 bits per heavy atom. The van der Waals surface area contributed by atoms with E-state index in [1.165, 1.54) is 12.4 Å². The summed E-state index contributed by atoms with van der Waals surface area (Å²) in [7, 11) is 0. The van der Waals surface area contributed by atoms with Crippen LogP contribution in [0.5, 0.6) is 5.75 Å². The second kappa shape index (κ2) is 10.4. The maximum absolute atomic E-state index is 12.8. The van der Waals surface area contributed by atoms with Gasteiger partial charge in [-0.15, -0.1) is 4.95 Å². The second-order valence-electron chi connectivity index (χ2n) is 8.00. The zero-order valence-electron chi connectivity index (χ0n) is 18.6. The molecule has 0 aliphatic carbocycles. The highest BCUT2D eigenvalue weighted by molar-refractivity contribution is 5.96. The van der Waals surface area contributed by atoms with Crippen LogP contribution in [-0.4, -0.2) is 46.4 Å². The van der Waals surface area contributed by atoms with Crippen molar-refractivity contribution in [1.29, 1.82) is 0 Å². The molecule has 1 aliphatic rings. The molecule has 3 aromatic rings. The number of nitrogens with two attached hydrogens (primary N) is 1. The molecule has 2 heterocycles. The Balaban J connectivity index is 1.51. The van der Waals surface area contributed by atoms with E-state index in [0.29, 0.717) is 25.4 Å². The van der Waals surface area contributed by atoms with Crippen molar-refractivity contribution < 1.29 is 9.53 Å². The summed E-state index contributed by atoms with van der Waals surface area (Å²) in [4.78, 5) is 25.9. The van der Waals surface area contributed by atoms with E-state index in [-0.39, 0.29) is 28.9 Å². The Hall–Kier alpha value is -4.45. The van der Waals surface area contributed by atoms with Crippen molar-refractivity contribution >= 4 is 17.7 Å². The van der Waals surface area contributed by atoms with Crippen LogP contribution in [0.4, 0.5) is 5.82 Å². The lowest BCUT2D eigenvalue weighted by atomic mass is 9.72. The summed E-state index contributed by atoms with van der Waals surface area (Å²) in [5.74, 6) is 0.367. The smallest absolute Gasteiger partial charge is 0.376 e. The van der Waals surface area contributed by atoms with Gasteiger partial charge in [-0.25, -0.2) is 9.97 Å². The summed E-state index contributed by atoms with van der Waals surface area (Å²) in [5.41, 5.74) is 6.77. The van der Waals surface area contributed by atoms with Crippen molar-refractivity contribution in [1.82, 2.24) is 20.2 Å². The fourth-order valence-electron chi connectivity index (χ4n) is 4.13. The van der Waals surface area contributed by atoms with Gasteiger partial charge in [-0.2, -0.15) is 6.57 Å². The lowest BCUT2D eigenvalue weighted by Gasteiger charge is -2.42. The molecule has 1 aliphatic heterocycles. The van der Waals surface area contributed by atoms with Gasteiger partial charge in [0.15, 0.2) is 11.5 Å². The molecule has 172 valence electrons. The van der Waals surface area contributed by atoms with Crippen molar-refractivity contribution in [2.75, 3.05) is 25.4 Å². The topological polar surface area (TPSA) is 110 Å². The quantitative estimate of drug-likeness (QED) is 0.265. The van der Waals surface area contributed by atoms with Gasteiger partial charge in [0.1, 0.15) is 10.9 Å². The summed E-state index contributed by atoms with van der Waals surface area (Å²) in [6.07, 6.45) is 4.35. The molecule has 0 spiro atoms. The number of nitrogens with one attached hydrogen (secondary N) is 1. The number of likely N-dealkylation sites (tertiary alicyclic amines) is 1. The van der Waals surface area contributed by atoms with Gasteiger partial charge >= 0.3 is 6.02 Å². The van der Waals surface area contributed by atoms with E-state index in [4.69, 9.17) is 17.0 Å². The summed E-state index contributed by atoms with van der Waals surface area (Å²) >= 11 is 0. The average Bonchev–Trinajstić information content (AvgIpc) is 2.89. The molecule has 9 nitrogen and oxygen atoms in total. The molecule has 4 rings (SSSR count). The Bertz CT molecular complexity index is 1180. The van der Waals surface area contributed by atoms with E-state index >= 15 is 0 Å². The normalized spacial score (nSPS) is 15.3. The molecular weight excluding hydrogens is 430 g/mol. The molecule has 34 heavy (non-hydrogen) atoms. The summed E-state index contributed by atoms with van der Waals surface area (Å²) < 4.78 is 5.90. The zero-order valence-corrected chi connectivity index (χ0v) is 18.6. The van der Waals surface area contributed by atoms with Crippen molar-refractivity contribution in [2.45, 2.75) is 18.3 Å². The molecule has 9 heteroatoms. The van der Waals surface area contributed by atoms with Crippen LogP contribution in [0.1, 0.15) is 28.9 Å². The first kappa shape index (κ1) is 22.7. The van der Waals surface area contributed by atoms with Gasteiger partial charge in [0.05, 0.1) is 0 Å². The van der Waals surface area contributed by atoms with Crippen LogP contribution >= 0.6 is 0 Å². The highest BCUT2D eigenvalue weighted by Crippen LogP contribution is 2.35. The maximum atomic E-state index is 12.8. The zero-order chi connectivity index (χ0) is 23.8. The number of ether oxygens (including phenoxy) is 1. The first-order valence-electron chi connectivity index (χ1n) is 10.9. The minimum absolute atomic E-state index is 0.0987. The van der Waals surface area contributed by atoms with Crippen molar-refractivity contribution in [3.8, 4) is 5.75 Å². The third-order valence-electron chi connectivity index (χ3n) is 5.99. The SMILES string of the molecule is [C-]#[N+]N=C(Oc1ccccc1)N1CCC(CNC(=O)c2nccnc2N)(c2ccccc2)CC1. The molecule has 1 saturated heterocycles. The van der Waals surface area contributed by atoms with Crippen LogP contribution in [0.3, 0.4) is 0 Å². The number of nitrogens with zero attached hydrogens (tertiary/aromatic N) is 5. The highest BCUT2D eigenvalue weighted by atomic mass is 16.5. The molecule has 0 saturated carbocycles. The third-order valence-corrected chi connectivity index (χ3v) is 5.99. The van der Waals surface area contributed by atoms with Gasteiger partial charge in [0.2, 0.25) is 0 Å². The number of benzene rings is 2. The standard InChI is InChI=1S/C25H25N7O2/c1-27-31-24(34-20-10-6-3-7-11-20)32-16-12-25(13-17-32,19-8-4-2-5-9-19)18-30-23(33)21-22(26)29-15-14-28-21/h2-11,14-15H,12-13,16-18H2,(H2,26,29)(H,30,33). The lowest BCUT2D eigenvalue weighted by Crippen LogP contribution is -2.51. The van der Waals surface area contributed by atoms with Gasteiger partial charge in [0.25, 0.3) is 5.91 Å². The van der Waals surface area contributed by atoms with E-state index in [0.717, 1.165) is 18.4 Å². The van der Waals surface area contributed by atoms with E-state index in [9.17, 15) is 4.79 Å². The molecule has 1 aromatic heterocycles. The summed E-state index contributed by atoms with van der Waals surface area (Å²) in [6, 6.07) is 19.7. The van der Waals surface area contributed by atoms with Gasteiger partial charge < -0.3 is 20.7 Å². The predicted molar refractivity (Wildman–Crippen MR) is 129 cm³/mol. The molecule has 0 bridgehead atoms. The van der Waals surface area contributed by atoms with E-state index in [1.807, 2.05) is 53.4 Å². The minimum atomic E-state index is -0.356. The van der Waals surface area contributed by atoms with E-state index in [1.54, 1.807) is 0 Å². The fraction of sp³-hybridized carbons (Fsp3) is 0.240. The predicted octanol–water partition coefficient (Wildman–Crippen LogP) is 3.09. The number of carbonyl (C=O) groups is 1. The molecule has 1 amide bonds. The molecule has 1 fully saturated rings. The van der Waals surface area contributed by atoms with Crippen molar-refractivity contribution in [3.63, 3.8) is 0 Å². The van der Waals surface area contributed by atoms with Gasteiger partial charge in [0, 0.05) is 37.4 Å². The summed E-state index contributed by atoms with van der Waals surface area (Å²) in [6.45, 7) is 8.84. The fourth-order valence-corrected chi connectivity index (χ4v) is 4.13. The van der Waals surface area contributed by atoms with Crippen LogP contribution in [-0.2, 0) is 5.41 Å². The van der Waals surface area contributed by atoms with E-state index < -0.39 is 0 Å².